The molecule has 1 aliphatic carbocycles. The summed E-state index contributed by atoms with van der Waals surface area (Å²) in [4.78, 5) is 0. The highest BCUT2D eigenvalue weighted by atomic mass is 16.5. The summed E-state index contributed by atoms with van der Waals surface area (Å²) in [7, 11) is 0. The van der Waals surface area contributed by atoms with Gasteiger partial charge in [0, 0.05) is 17.6 Å². The van der Waals surface area contributed by atoms with E-state index in [-0.39, 0.29) is 5.41 Å². The topological polar surface area (TPSA) is 29.5 Å². The number of benzene rings is 1. The van der Waals surface area contributed by atoms with Gasteiger partial charge in [-0.2, -0.15) is 0 Å². The molecule has 2 nitrogen and oxygen atoms in total. The van der Waals surface area contributed by atoms with Crippen molar-refractivity contribution in [1.29, 1.82) is 0 Å². The average Bonchev–Trinajstić information content (AvgIpc) is 2.77. The number of hydrogen-bond acceptors (Lipinski definition) is 2. The second-order valence-corrected chi connectivity index (χ2v) is 4.64. The van der Waals surface area contributed by atoms with Crippen LogP contribution in [0.3, 0.4) is 0 Å². The fourth-order valence-corrected chi connectivity index (χ4v) is 2.76. The Balaban J connectivity index is 2.28. The first-order valence-electron chi connectivity index (χ1n) is 6.15. The van der Waals surface area contributed by atoms with Crippen LogP contribution >= 0.6 is 0 Å². The molecule has 2 heteroatoms. The summed E-state index contributed by atoms with van der Waals surface area (Å²) in [5.41, 5.74) is 1.13. The van der Waals surface area contributed by atoms with Crippen LogP contribution < -0.4 is 0 Å². The Kier molecular flexibility index (Phi) is 3.49. The molecule has 2 rings (SSSR count). The molecule has 0 aromatic heterocycles. The van der Waals surface area contributed by atoms with E-state index in [1.165, 1.54) is 12.8 Å². The van der Waals surface area contributed by atoms with E-state index < -0.39 is 0 Å². The molecule has 0 atom stereocenters. The minimum atomic E-state index is 0.0569. The van der Waals surface area contributed by atoms with E-state index in [2.05, 4.69) is 0 Å². The average molecular weight is 220 g/mol. The first-order chi connectivity index (χ1) is 7.78. The van der Waals surface area contributed by atoms with E-state index in [0.29, 0.717) is 5.75 Å². The van der Waals surface area contributed by atoms with E-state index in [1.54, 1.807) is 6.07 Å². The van der Waals surface area contributed by atoms with Crippen molar-refractivity contribution in [2.75, 3.05) is 13.2 Å². The lowest BCUT2D eigenvalue weighted by Gasteiger charge is -2.29. The molecule has 0 saturated heterocycles. The summed E-state index contributed by atoms with van der Waals surface area (Å²) >= 11 is 0. The third kappa shape index (κ3) is 2.07. The third-order valence-electron chi connectivity index (χ3n) is 3.62. The van der Waals surface area contributed by atoms with E-state index in [9.17, 15) is 5.11 Å². The van der Waals surface area contributed by atoms with Gasteiger partial charge in [0.2, 0.25) is 0 Å². The Morgan fingerprint density at radius 2 is 1.94 bits per heavy atom. The maximum Gasteiger partial charge on any atom is 0.119 e. The second-order valence-electron chi connectivity index (χ2n) is 4.64. The van der Waals surface area contributed by atoms with Gasteiger partial charge in [0.15, 0.2) is 0 Å². The normalized spacial score (nSPS) is 18.8. The van der Waals surface area contributed by atoms with Gasteiger partial charge in [-0.3, -0.25) is 0 Å². The van der Waals surface area contributed by atoms with Gasteiger partial charge < -0.3 is 9.84 Å². The zero-order valence-electron chi connectivity index (χ0n) is 9.91. The Hall–Kier alpha value is -1.02. The first-order valence-corrected chi connectivity index (χ1v) is 6.15. The Labute approximate surface area is 97.3 Å². The van der Waals surface area contributed by atoms with Gasteiger partial charge >= 0.3 is 0 Å². The lowest BCUT2D eigenvalue weighted by molar-refractivity contribution is 0.0924. The lowest BCUT2D eigenvalue weighted by Crippen LogP contribution is -2.28. The highest BCUT2D eigenvalue weighted by Crippen LogP contribution is 2.44. The minimum absolute atomic E-state index is 0.0569. The number of phenolic OH excluding ortho intramolecular Hbond substituents is 1. The summed E-state index contributed by atoms with van der Waals surface area (Å²) < 4.78 is 5.62. The highest BCUT2D eigenvalue weighted by molar-refractivity contribution is 5.39. The molecular weight excluding hydrogens is 200 g/mol. The smallest absolute Gasteiger partial charge is 0.119 e. The van der Waals surface area contributed by atoms with Gasteiger partial charge in [0.05, 0.1) is 6.61 Å². The van der Waals surface area contributed by atoms with E-state index in [4.69, 9.17) is 4.74 Å². The molecule has 1 fully saturated rings. The second kappa shape index (κ2) is 4.88. The van der Waals surface area contributed by atoms with Crippen LogP contribution in [0.5, 0.6) is 5.75 Å². The van der Waals surface area contributed by atoms with Crippen LogP contribution in [0.25, 0.3) is 0 Å². The molecule has 1 N–H and O–H groups in total. The van der Waals surface area contributed by atoms with E-state index in [1.807, 2.05) is 25.1 Å². The first kappa shape index (κ1) is 11.5. The third-order valence-corrected chi connectivity index (χ3v) is 3.62. The van der Waals surface area contributed by atoms with Crippen LogP contribution in [0.1, 0.15) is 38.2 Å². The Morgan fingerprint density at radius 3 is 2.56 bits per heavy atom. The Morgan fingerprint density at radius 1 is 1.25 bits per heavy atom. The van der Waals surface area contributed by atoms with Crippen molar-refractivity contribution in [1.82, 2.24) is 0 Å². The molecule has 1 aromatic rings. The molecule has 0 spiro atoms. The van der Waals surface area contributed by atoms with Crippen molar-refractivity contribution in [2.45, 2.75) is 38.0 Å². The molecule has 0 unspecified atom stereocenters. The minimum Gasteiger partial charge on any atom is -0.508 e. The zero-order valence-corrected chi connectivity index (χ0v) is 9.91. The molecule has 1 aliphatic rings. The summed E-state index contributed by atoms with van der Waals surface area (Å²) in [6, 6.07) is 7.70. The highest BCUT2D eigenvalue weighted by Gasteiger charge is 2.37. The number of hydrogen-bond donors (Lipinski definition) is 1. The molecular formula is C14H20O2. The van der Waals surface area contributed by atoms with Crippen LogP contribution in [-0.2, 0) is 10.2 Å². The number of ether oxygens (including phenoxy) is 1. The van der Waals surface area contributed by atoms with E-state index in [0.717, 1.165) is 31.6 Å². The summed E-state index contributed by atoms with van der Waals surface area (Å²) in [5, 5.41) is 9.98. The van der Waals surface area contributed by atoms with Gasteiger partial charge in [-0.05, 0) is 25.8 Å². The molecule has 0 bridgehead atoms. The van der Waals surface area contributed by atoms with Crippen LogP contribution in [-0.4, -0.2) is 18.3 Å². The van der Waals surface area contributed by atoms with Crippen LogP contribution in [0.2, 0.25) is 0 Å². The molecule has 1 aromatic carbocycles. The van der Waals surface area contributed by atoms with Gasteiger partial charge in [0.25, 0.3) is 0 Å². The molecule has 16 heavy (non-hydrogen) atoms. The maximum atomic E-state index is 9.98. The quantitative estimate of drug-likeness (QED) is 0.844. The van der Waals surface area contributed by atoms with Crippen molar-refractivity contribution in [3.63, 3.8) is 0 Å². The molecule has 0 radical (unpaired) electrons. The molecule has 0 amide bonds. The van der Waals surface area contributed by atoms with Gasteiger partial charge in [0.1, 0.15) is 5.75 Å². The predicted octanol–water partition coefficient (Wildman–Crippen LogP) is 3.24. The van der Waals surface area contributed by atoms with Crippen molar-refractivity contribution in [2.24, 2.45) is 0 Å². The van der Waals surface area contributed by atoms with Crippen molar-refractivity contribution in [3.8, 4) is 5.75 Å². The van der Waals surface area contributed by atoms with Gasteiger partial charge in [-0.1, -0.05) is 31.0 Å². The van der Waals surface area contributed by atoms with Gasteiger partial charge in [-0.25, -0.2) is 0 Å². The van der Waals surface area contributed by atoms with Crippen molar-refractivity contribution in [3.05, 3.63) is 29.8 Å². The van der Waals surface area contributed by atoms with Crippen LogP contribution in [0.15, 0.2) is 24.3 Å². The summed E-state index contributed by atoms with van der Waals surface area (Å²) in [5.74, 6) is 0.420. The Bertz CT molecular complexity index is 340. The largest absolute Gasteiger partial charge is 0.508 e. The van der Waals surface area contributed by atoms with Crippen molar-refractivity contribution < 1.29 is 9.84 Å². The fourth-order valence-electron chi connectivity index (χ4n) is 2.76. The maximum absolute atomic E-state index is 9.98. The fraction of sp³-hybridized carbons (Fsp3) is 0.571. The number of para-hydroxylation sites is 1. The van der Waals surface area contributed by atoms with Crippen molar-refractivity contribution >= 4 is 0 Å². The number of rotatable bonds is 4. The summed E-state index contributed by atoms with van der Waals surface area (Å²) in [6.07, 6.45) is 4.73. The number of phenols is 1. The molecule has 0 heterocycles. The lowest BCUT2D eigenvalue weighted by atomic mass is 9.79. The van der Waals surface area contributed by atoms with Crippen LogP contribution in [0.4, 0.5) is 0 Å². The SMILES string of the molecule is CCOCC1(c2ccccc2O)CCCC1. The predicted molar refractivity (Wildman–Crippen MR) is 64.7 cm³/mol. The monoisotopic (exact) mass is 220 g/mol. The standard InChI is InChI=1S/C14H20O2/c1-2-16-11-14(9-5-6-10-14)12-7-3-4-8-13(12)15/h3-4,7-8,15H,2,5-6,9-11H2,1H3. The molecule has 88 valence electrons. The van der Waals surface area contributed by atoms with E-state index >= 15 is 0 Å². The molecule has 1 saturated carbocycles. The van der Waals surface area contributed by atoms with Gasteiger partial charge in [-0.15, -0.1) is 0 Å². The zero-order chi connectivity index (χ0) is 11.4. The summed E-state index contributed by atoms with van der Waals surface area (Å²) in [6.45, 7) is 3.50. The molecule has 0 aliphatic heterocycles. The number of aromatic hydroxyl groups is 1. The van der Waals surface area contributed by atoms with Crippen LogP contribution in [0, 0.1) is 0 Å².